The van der Waals surface area contributed by atoms with Crippen molar-refractivity contribution in [3.8, 4) is 0 Å². The Morgan fingerprint density at radius 3 is 2.70 bits per heavy atom. The molecule has 0 atom stereocenters. The van der Waals surface area contributed by atoms with Gasteiger partial charge in [-0.05, 0) is 25.7 Å². The first-order chi connectivity index (χ1) is 9.69. The van der Waals surface area contributed by atoms with Gasteiger partial charge in [0.1, 0.15) is 0 Å². The third kappa shape index (κ3) is 4.56. The minimum Gasteiger partial charge on any atom is -0.481 e. The molecule has 4 nitrogen and oxygen atoms in total. The minimum absolute atomic E-state index is 0.170. The fraction of sp³-hybridized carbons (Fsp3) is 0.733. The lowest BCUT2D eigenvalue weighted by atomic mass is 9.90. The predicted molar refractivity (Wildman–Crippen MR) is 79.3 cm³/mol. The summed E-state index contributed by atoms with van der Waals surface area (Å²) in [5, 5.41) is 11.9. The summed E-state index contributed by atoms with van der Waals surface area (Å²) in [6.45, 7) is 0. The van der Waals surface area contributed by atoms with E-state index in [-0.39, 0.29) is 6.42 Å². The highest BCUT2D eigenvalue weighted by Crippen LogP contribution is 2.33. The Morgan fingerprint density at radius 1 is 1.40 bits per heavy atom. The molecule has 1 fully saturated rings. The van der Waals surface area contributed by atoms with Crippen molar-refractivity contribution in [2.75, 3.05) is 7.11 Å². The molecule has 0 spiro atoms. The Kier molecular flexibility index (Phi) is 5.98. The number of carboxylic acids is 1. The van der Waals surface area contributed by atoms with E-state index in [4.69, 9.17) is 9.84 Å². The maximum atomic E-state index is 10.6. The van der Waals surface area contributed by atoms with E-state index in [1.807, 2.05) is 5.38 Å². The second-order valence-corrected chi connectivity index (χ2v) is 6.38. The number of methoxy groups -OCH3 is 1. The molecule has 1 N–H and O–H groups in total. The monoisotopic (exact) mass is 297 g/mol. The molecule has 0 amide bonds. The van der Waals surface area contributed by atoms with Crippen LogP contribution in [0.25, 0.3) is 0 Å². The van der Waals surface area contributed by atoms with E-state index in [1.165, 1.54) is 30.7 Å². The van der Waals surface area contributed by atoms with Crippen molar-refractivity contribution in [1.82, 2.24) is 4.98 Å². The number of hydrogen-bond acceptors (Lipinski definition) is 4. The molecule has 20 heavy (non-hydrogen) atoms. The van der Waals surface area contributed by atoms with Crippen LogP contribution >= 0.6 is 11.3 Å². The van der Waals surface area contributed by atoms with Gasteiger partial charge in [0.25, 0.3) is 0 Å². The highest BCUT2D eigenvalue weighted by Gasteiger charge is 2.20. The van der Waals surface area contributed by atoms with Gasteiger partial charge in [0.2, 0.25) is 0 Å². The van der Waals surface area contributed by atoms with E-state index in [9.17, 15) is 4.79 Å². The molecule has 0 aliphatic heterocycles. The number of rotatable bonds is 5. The van der Waals surface area contributed by atoms with Gasteiger partial charge in [0.15, 0.2) is 0 Å². The number of thiazole rings is 1. The fourth-order valence-corrected chi connectivity index (χ4v) is 3.84. The van der Waals surface area contributed by atoms with Crippen LogP contribution in [-0.2, 0) is 16.0 Å². The molecule has 0 bridgehead atoms. The summed E-state index contributed by atoms with van der Waals surface area (Å²) >= 11 is 1.70. The summed E-state index contributed by atoms with van der Waals surface area (Å²) in [7, 11) is 1.80. The Bertz CT molecular complexity index is 423. The standard InChI is InChI=1S/C15H23NO3S/c1-19-13-6-2-4-11(5-3-7-13)15-16-12(10-20-15)8-9-14(17)18/h10-11,13H,2-9H2,1H3,(H,17,18). The van der Waals surface area contributed by atoms with Crippen molar-refractivity contribution < 1.29 is 14.6 Å². The van der Waals surface area contributed by atoms with Crippen molar-refractivity contribution in [3.05, 3.63) is 16.1 Å². The van der Waals surface area contributed by atoms with Gasteiger partial charge in [-0.25, -0.2) is 4.98 Å². The van der Waals surface area contributed by atoms with E-state index in [0.717, 1.165) is 18.5 Å². The molecule has 1 aliphatic rings. The van der Waals surface area contributed by atoms with Crippen LogP contribution in [-0.4, -0.2) is 29.3 Å². The third-order valence-corrected chi connectivity index (χ3v) is 5.06. The third-order valence-electron chi connectivity index (χ3n) is 4.00. The van der Waals surface area contributed by atoms with Gasteiger partial charge in [-0.3, -0.25) is 4.79 Å². The van der Waals surface area contributed by atoms with Gasteiger partial charge in [0, 0.05) is 24.8 Å². The smallest absolute Gasteiger partial charge is 0.303 e. The summed E-state index contributed by atoms with van der Waals surface area (Å²) in [5.74, 6) is -0.201. The van der Waals surface area contributed by atoms with Gasteiger partial charge < -0.3 is 9.84 Å². The van der Waals surface area contributed by atoms with Crippen LogP contribution in [0.1, 0.15) is 61.6 Å². The van der Waals surface area contributed by atoms with Crippen molar-refractivity contribution >= 4 is 17.3 Å². The van der Waals surface area contributed by atoms with Crippen LogP contribution in [0.3, 0.4) is 0 Å². The van der Waals surface area contributed by atoms with Crippen LogP contribution in [0.2, 0.25) is 0 Å². The normalized spacial score (nSPS) is 24.1. The summed E-state index contributed by atoms with van der Waals surface area (Å²) < 4.78 is 5.46. The Labute approximate surface area is 124 Å². The second kappa shape index (κ2) is 7.74. The highest BCUT2D eigenvalue weighted by molar-refractivity contribution is 7.09. The van der Waals surface area contributed by atoms with E-state index in [1.54, 1.807) is 18.4 Å². The lowest BCUT2D eigenvalue weighted by Gasteiger charge is -2.22. The largest absolute Gasteiger partial charge is 0.481 e. The Balaban J connectivity index is 1.89. The van der Waals surface area contributed by atoms with Crippen molar-refractivity contribution in [3.63, 3.8) is 0 Å². The van der Waals surface area contributed by atoms with E-state index >= 15 is 0 Å². The van der Waals surface area contributed by atoms with Crippen LogP contribution < -0.4 is 0 Å². The molecule has 5 heteroatoms. The van der Waals surface area contributed by atoms with Crippen LogP contribution in [0.4, 0.5) is 0 Å². The number of nitrogens with zero attached hydrogens (tertiary/aromatic N) is 1. The molecule has 1 heterocycles. The minimum atomic E-state index is -0.754. The van der Waals surface area contributed by atoms with E-state index in [0.29, 0.717) is 18.4 Å². The number of carboxylic acid groups (broad SMARTS) is 1. The maximum Gasteiger partial charge on any atom is 0.303 e. The van der Waals surface area contributed by atoms with Crippen LogP contribution in [0, 0.1) is 0 Å². The second-order valence-electron chi connectivity index (χ2n) is 5.49. The van der Waals surface area contributed by atoms with Gasteiger partial charge in [-0.1, -0.05) is 12.8 Å². The molecule has 1 aliphatic carbocycles. The van der Waals surface area contributed by atoms with Crippen molar-refractivity contribution in [2.45, 2.75) is 63.4 Å². The average Bonchev–Trinajstić information content (AvgIpc) is 2.85. The molecule has 0 saturated heterocycles. The molecule has 0 aromatic carbocycles. The van der Waals surface area contributed by atoms with Crippen LogP contribution in [0.15, 0.2) is 5.38 Å². The fourth-order valence-electron chi connectivity index (χ4n) is 2.82. The van der Waals surface area contributed by atoms with Gasteiger partial charge in [-0.15, -0.1) is 11.3 Å². The number of aryl methyl sites for hydroxylation is 1. The summed E-state index contributed by atoms with van der Waals surface area (Å²) in [6, 6.07) is 0. The first-order valence-corrected chi connectivity index (χ1v) is 8.26. The van der Waals surface area contributed by atoms with Gasteiger partial charge >= 0.3 is 5.97 Å². The highest BCUT2D eigenvalue weighted by atomic mass is 32.1. The zero-order chi connectivity index (χ0) is 14.4. The van der Waals surface area contributed by atoms with E-state index < -0.39 is 5.97 Å². The lowest BCUT2D eigenvalue weighted by molar-refractivity contribution is -0.136. The van der Waals surface area contributed by atoms with Crippen molar-refractivity contribution in [1.29, 1.82) is 0 Å². The molecular weight excluding hydrogens is 274 g/mol. The molecule has 0 unspecified atom stereocenters. The average molecular weight is 297 g/mol. The Morgan fingerprint density at radius 2 is 2.10 bits per heavy atom. The zero-order valence-corrected chi connectivity index (χ0v) is 12.8. The quantitative estimate of drug-likeness (QED) is 0.902. The van der Waals surface area contributed by atoms with E-state index in [2.05, 4.69) is 4.98 Å². The molecular formula is C15H23NO3S. The summed E-state index contributed by atoms with van der Waals surface area (Å²) in [5.41, 5.74) is 0.934. The molecule has 0 radical (unpaired) electrons. The van der Waals surface area contributed by atoms with Gasteiger partial charge in [-0.2, -0.15) is 0 Å². The number of hydrogen-bond donors (Lipinski definition) is 1. The SMILES string of the molecule is COC1CCCC(c2nc(CCC(=O)O)cs2)CCC1. The Hall–Kier alpha value is -0.940. The number of aliphatic carboxylic acids is 1. The number of ether oxygens (including phenoxy) is 1. The molecule has 1 aromatic heterocycles. The summed E-state index contributed by atoms with van der Waals surface area (Å²) in [4.78, 5) is 15.2. The number of carbonyl (C=O) groups is 1. The number of aromatic nitrogens is 1. The molecule has 112 valence electrons. The topological polar surface area (TPSA) is 59.4 Å². The molecule has 1 saturated carbocycles. The van der Waals surface area contributed by atoms with Gasteiger partial charge in [0.05, 0.1) is 23.2 Å². The first kappa shape index (κ1) is 15.4. The van der Waals surface area contributed by atoms with Crippen molar-refractivity contribution in [2.24, 2.45) is 0 Å². The molecule has 2 rings (SSSR count). The molecule has 1 aromatic rings. The first-order valence-electron chi connectivity index (χ1n) is 7.38. The van der Waals surface area contributed by atoms with Crippen LogP contribution in [0.5, 0.6) is 0 Å². The maximum absolute atomic E-state index is 10.6. The summed E-state index contributed by atoms with van der Waals surface area (Å²) in [6.07, 6.45) is 8.15. The lowest BCUT2D eigenvalue weighted by Crippen LogP contribution is -2.14. The predicted octanol–water partition coefficient (Wildman–Crippen LogP) is 3.61. The zero-order valence-electron chi connectivity index (χ0n) is 12.0.